The molecule has 5 rings (SSSR count). The topological polar surface area (TPSA) is 12.0 Å². The van der Waals surface area contributed by atoms with Gasteiger partial charge in [0.1, 0.15) is 0 Å². The summed E-state index contributed by atoms with van der Waals surface area (Å²) in [6, 6.07) is 11.7. The van der Waals surface area contributed by atoms with Crippen molar-refractivity contribution in [1.29, 1.82) is 0 Å². The standard InChI is InChI=1S/C27H39N/c1-26-17-7-6-10-21(26)11-12-22-23-13-14-25(27(23,2)18-15-24(22)26)28-19-16-20-8-4-3-5-9-20/h3-9,21-25,28H,10-19H2,1-2H3. The highest BCUT2D eigenvalue weighted by molar-refractivity contribution is 5.16. The van der Waals surface area contributed by atoms with Crippen molar-refractivity contribution >= 4 is 0 Å². The first-order valence-electron chi connectivity index (χ1n) is 12.0. The summed E-state index contributed by atoms with van der Waals surface area (Å²) in [6.45, 7) is 6.44. The fourth-order valence-electron chi connectivity index (χ4n) is 8.21. The molecule has 0 aromatic heterocycles. The van der Waals surface area contributed by atoms with Crippen LogP contribution in [0.25, 0.3) is 0 Å². The molecule has 0 amide bonds. The molecule has 7 unspecified atom stereocenters. The van der Waals surface area contributed by atoms with Gasteiger partial charge in [-0.15, -0.1) is 0 Å². The van der Waals surface area contributed by atoms with Gasteiger partial charge in [0.2, 0.25) is 0 Å². The highest BCUT2D eigenvalue weighted by Crippen LogP contribution is 2.65. The van der Waals surface area contributed by atoms with Crippen LogP contribution in [0.15, 0.2) is 42.5 Å². The largest absolute Gasteiger partial charge is 0.313 e. The van der Waals surface area contributed by atoms with Crippen LogP contribution in [-0.2, 0) is 6.42 Å². The van der Waals surface area contributed by atoms with E-state index in [2.05, 4.69) is 61.6 Å². The summed E-state index contributed by atoms with van der Waals surface area (Å²) in [5.41, 5.74) is 2.60. The first kappa shape index (κ1) is 18.9. The third-order valence-corrected chi connectivity index (χ3v) is 9.86. The Labute approximate surface area is 172 Å². The maximum atomic E-state index is 4.02. The number of hydrogen-bond acceptors (Lipinski definition) is 1. The van der Waals surface area contributed by atoms with E-state index in [0.29, 0.717) is 10.8 Å². The number of allylic oxidation sites excluding steroid dienone is 2. The predicted molar refractivity (Wildman–Crippen MR) is 118 cm³/mol. The molecule has 1 nitrogen and oxygen atoms in total. The minimum absolute atomic E-state index is 0.533. The third-order valence-electron chi connectivity index (χ3n) is 9.86. The van der Waals surface area contributed by atoms with Crippen LogP contribution < -0.4 is 5.32 Å². The van der Waals surface area contributed by atoms with Gasteiger partial charge in [0, 0.05) is 6.04 Å². The van der Waals surface area contributed by atoms with Crippen LogP contribution >= 0.6 is 0 Å². The molecule has 1 aromatic rings. The van der Waals surface area contributed by atoms with E-state index in [1.165, 1.54) is 56.9 Å². The van der Waals surface area contributed by atoms with Gasteiger partial charge in [0.25, 0.3) is 0 Å². The quantitative estimate of drug-likeness (QED) is 0.599. The molecule has 3 saturated carbocycles. The lowest BCUT2D eigenvalue weighted by Gasteiger charge is -2.59. The van der Waals surface area contributed by atoms with Crippen LogP contribution in [0.2, 0.25) is 0 Å². The molecular formula is C27H39N. The average Bonchev–Trinajstić information content (AvgIpc) is 3.05. The smallest absolute Gasteiger partial charge is 0.0124 e. The summed E-state index contributed by atoms with van der Waals surface area (Å²) in [4.78, 5) is 0. The van der Waals surface area contributed by atoms with E-state index in [1.807, 2.05) is 0 Å². The molecule has 1 N–H and O–H groups in total. The van der Waals surface area contributed by atoms with Crippen LogP contribution in [0.4, 0.5) is 0 Å². The Bertz CT molecular complexity index is 708. The minimum atomic E-state index is 0.533. The van der Waals surface area contributed by atoms with Crippen molar-refractivity contribution in [2.75, 3.05) is 6.54 Å². The first-order valence-corrected chi connectivity index (χ1v) is 12.0. The highest BCUT2D eigenvalue weighted by Gasteiger charge is 2.59. The number of fused-ring (bicyclic) bond motifs is 5. The van der Waals surface area contributed by atoms with Crippen molar-refractivity contribution in [3.8, 4) is 0 Å². The van der Waals surface area contributed by atoms with Crippen molar-refractivity contribution in [3.05, 3.63) is 48.0 Å². The first-order chi connectivity index (χ1) is 13.6. The van der Waals surface area contributed by atoms with Crippen LogP contribution in [0, 0.1) is 34.5 Å². The molecule has 0 heterocycles. The summed E-state index contributed by atoms with van der Waals surface area (Å²) in [5.74, 6) is 3.90. The van der Waals surface area contributed by atoms with E-state index >= 15 is 0 Å². The zero-order valence-corrected chi connectivity index (χ0v) is 18.0. The van der Waals surface area contributed by atoms with E-state index in [0.717, 1.165) is 42.7 Å². The van der Waals surface area contributed by atoms with Gasteiger partial charge in [0.15, 0.2) is 0 Å². The Hall–Kier alpha value is -1.08. The van der Waals surface area contributed by atoms with Gasteiger partial charge in [0.05, 0.1) is 0 Å². The molecule has 4 aliphatic rings. The third kappa shape index (κ3) is 3.00. The molecular weight excluding hydrogens is 338 g/mol. The van der Waals surface area contributed by atoms with Crippen LogP contribution in [0.5, 0.6) is 0 Å². The molecule has 0 saturated heterocycles. The monoisotopic (exact) mass is 377 g/mol. The number of hydrogen-bond donors (Lipinski definition) is 1. The summed E-state index contributed by atoms with van der Waals surface area (Å²) >= 11 is 0. The van der Waals surface area contributed by atoms with Crippen molar-refractivity contribution in [2.45, 2.75) is 77.7 Å². The molecule has 152 valence electrons. The van der Waals surface area contributed by atoms with E-state index in [1.54, 1.807) is 0 Å². The van der Waals surface area contributed by atoms with Gasteiger partial charge in [-0.1, -0.05) is 56.3 Å². The zero-order chi connectivity index (χ0) is 19.2. The van der Waals surface area contributed by atoms with Gasteiger partial charge < -0.3 is 5.32 Å². The van der Waals surface area contributed by atoms with Crippen molar-refractivity contribution in [2.24, 2.45) is 34.5 Å². The van der Waals surface area contributed by atoms with E-state index < -0.39 is 0 Å². The average molecular weight is 378 g/mol. The van der Waals surface area contributed by atoms with Gasteiger partial charge in [-0.3, -0.25) is 0 Å². The molecule has 28 heavy (non-hydrogen) atoms. The van der Waals surface area contributed by atoms with Crippen LogP contribution in [0.3, 0.4) is 0 Å². The van der Waals surface area contributed by atoms with Gasteiger partial charge in [-0.05, 0) is 104 Å². The molecule has 0 spiro atoms. The molecule has 3 fully saturated rings. The molecule has 4 aliphatic carbocycles. The molecule has 0 radical (unpaired) electrons. The van der Waals surface area contributed by atoms with Gasteiger partial charge in [-0.2, -0.15) is 0 Å². The second kappa shape index (κ2) is 7.31. The molecule has 1 heteroatoms. The maximum absolute atomic E-state index is 4.02. The lowest BCUT2D eigenvalue weighted by Crippen LogP contribution is -2.54. The lowest BCUT2D eigenvalue weighted by atomic mass is 9.46. The van der Waals surface area contributed by atoms with Crippen molar-refractivity contribution in [1.82, 2.24) is 5.32 Å². The number of benzene rings is 1. The number of rotatable bonds is 4. The van der Waals surface area contributed by atoms with E-state index in [-0.39, 0.29) is 0 Å². The van der Waals surface area contributed by atoms with Gasteiger partial charge >= 0.3 is 0 Å². The summed E-state index contributed by atoms with van der Waals surface area (Å²) in [6.07, 6.45) is 17.6. The van der Waals surface area contributed by atoms with Crippen molar-refractivity contribution < 1.29 is 0 Å². The normalized spacial score (nSPS) is 44.6. The fraction of sp³-hybridized carbons (Fsp3) is 0.704. The summed E-state index contributed by atoms with van der Waals surface area (Å²) in [5, 5.41) is 4.02. The van der Waals surface area contributed by atoms with E-state index in [9.17, 15) is 0 Å². The van der Waals surface area contributed by atoms with Crippen LogP contribution in [-0.4, -0.2) is 12.6 Å². The molecule has 0 bridgehead atoms. The predicted octanol–water partition coefficient (Wildman–Crippen LogP) is 6.40. The fourth-order valence-corrected chi connectivity index (χ4v) is 8.21. The SMILES string of the molecule is CC12CC=CCC1CCC1C2CCC2(C)C(NCCc3ccccc3)CCC12. The summed E-state index contributed by atoms with van der Waals surface area (Å²) < 4.78 is 0. The van der Waals surface area contributed by atoms with E-state index in [4.69, 9.17) is 0 Å². The van der Waals surface area contributed by atoms with Crippen molar-refractivity contribution in [3.63, 3.8) is 0 Å². The zero-order valence-electron chi connectivity index (χ0n) is 18.0. The Morgan fingerprint density at radius 2 is 1.71 bits per heavy atom. The lowest BCUT2D eigenvalue weighted by molar-refractivity contribution is -0.0917. The Balaban J connectivity index is 1.27. The Kier molecular flexibility index (Phi) is 4.94. The molecule has 1 aromatic carbocycles. The second-order valence-electron chi connectivity index (χ2n) is 10.9. The highest BCUT2D eigenvalue weighted by atomic mass is 14.9. The summed E-state index contributed by atoms with van der Waals surface area (Å²) in [7, 11) is 0. The molecule has 0 aliphatic heterocycles. The minimum Gasteiger partial charge on any atom is -0.313 e. The second-order valence-corrected chi connectivity index (χ2v) is 10.9. The molecule has 7 atom stereocenters. The van der Waals surface area contributed by atoms with Gasteiger partial charge in [-0.25, -0.2) is 0 Å². The number of nitrogens with one attached hydrogen (secondary N) is 1. The van der Waals surface area contributed by atoms with Crippen LogP contribution in [0.1, 0.15) is 70.8 Å². The Morgan fingerprint density at radius 3 is 2.57 bits per heavy atom. The maximum Gasteiger partial charge on any atom is 0.0124 e. The Morgan fingerprint density at radius 1 is 0.893 bits per heavy atom.